The summed E-state index contributed by atoms with van der Waals surface area (Å²) in [6.45, 7) is 4.36. The van der Waals surface area contributed by atoms with E-state index in [4.69, 9.17) is 0 Å². The van der Waals surface area contributed by atoms with Gasteiger partial charge in [0, 0.05) is 0 Å². The summed E-state index contributed by atoms with van der Waals surface area (Å²) in [6, 6.07) is 6.83. The van der Waals surface area contributed by atoms with E-state index in [9.17, 15) is 0 Å². The lowest BCUT2D eigenvalue weighted by Gasteiger charge is -2.20. The number of rotatable bonds is 4. The molecular weight excluding hydrogens is 210 g/mol. The van der Waals surface area contributed by atoms with Crippen LogP contribution in [0.2, 0.25) is 0 Å². The van der Waals surface area contributed by atoms with E-state index in [1.165, 1.54) is 5.56 Å². The van der Waals surface area contributed by atoms with Crippen LogP contribution in [0.4, 0.5) is 0 Å². The van der Waals surface area contributed by atoms with Gasteiger partial charge in [0.15, 0.2) is 0 Å². The standard InChI is InChI=1S/C14H21N3/c1-5-10-7-8-11-12(9-10)16-14(15-11)13(6-2)17(3)4/h7-9,13H,5-6H2,1-4H3,(H,15,16). The number of hydrogen-bond acceptors (Lipinski definition) is 2. The molecule has 1 aromatic carbocycles. The van der Waals surface area contributed by atoms with E-state index in [2.05, 4.69) is 61.0 Å². The van der Waals surface area contributed by atoms with Crippen LogP contribution in [-0.4, -0.2) is 29.0 Å². The second-order valence-corrected chi connectivity index (χ2v) is 4.71. The van der Waals surface area contributed by atoms with Gasteiger partial charge in [-0.15, -0.1) is 0 Å². The summed E-state index contributed by atoms with van der Waals surface area (Å²) in [5.74, 6) is 1.07. The first-order valence-corrected chi connectivity index (χ1v) is 6.30. The second kappa shape index (κ2) is 4.88. The minimum Gasteiger partial charge on any atom is -0.341 e. The zero-order valence-electron chi connectivity index (χ0n) is 11.1. The molecule has 1 N–H and O–H groups in total. The van der Waals surface area contributed by atoms with Crippen LogP contribution in [0, 0.1) is 0 Å². The fourth-order valence-electron chi connectivity index (χ4n) is 2.26. The number of hydrogen-bond donors (Lipinski definition) is 1. The van der Waals surface area contributed by atoms with E-state index in [1.54, 1.807) is 0 Å². The Hall–Kier alpha value is -1.35. The molecule has 0 fully saturated rings. The van der Waals surface area contributed by atoms with E-state index in [0.29, 0.717) is 6.04 Å². The first kappa shape index (κ1) is 12.1. The highest BCUT2D eigenvalue weighted by Gasteiger charge is 2.15. The number of aryl methyl sites for hydroxylation is 1. The molecule has 0 aliphatic rings. The molecular formula is C14H21N3. The molecule has 2 rings (SSSR count). The van der Waals surface area contributed by atoms with Gasteiger partial charge in [-0.25, -0.2) is 4.98 Å². The van der Waals surface area contributed by atoms with Crippen LogP contribution in [0.3, 0.4) is 0 Å². The molecule has 92 valence electrons. The predicted molar refractivity (Wildman–Crippen MR) is 72.2 cm³/mol. The molecule has 1 aromatic heterocycles. The monoisotopic (exact) mass is 231 g/mol. The van der Waals surface area contributed by atoms with E-state index in [-0.39, 0.29) is 0 Å². The molecule has 0 saturated heterocycles. The topological polar surface area (TPSA) is 31.9 Å². The summed E-state index contributed by atoms with van der Waals surface area (Å²) in [6.07, 6.45) is 2.13. The molecule has 3 heteroatoms. The zero-order valence-corrected chi connectivity index (χ0v) is 11.1. The van der Waals surface area contributed by atoms with Crippen molar-refractivity contribution in [2.75, 3.05) is 14.1 Å². The minimum absolute atomic E-state index is 0.368. The van der Waals surface area contributed by atoms with Crippen LogP contribution in [-0.2, 0) is 6.42 Å². The van der Waals surface area contributed by atoms with Crippen LogP contribution >= 0.6 is 0 Å². The van der Waals surface area contributed by atoms with Gasteiger partial charge in [-0.05, 0) is 44.6 Å². The van der Waals surface area contributed by atoms with Gasteiger partial charge in [0.2, 0.25) is 0 Å². The molecule has 0 bridgehead atoms. The summed E-state index contributed by atoms with van der Waals surface area (Å²) >= 11 is 0. The van der Waals surface area contributed by atoms with Crippen LogP contribution in [0.15, 0.2) is 18.2 Å². The molecule has 1 atom stereocenters. The van der Waals surface area contributed by atoms with Gasteiger partial charge in [0.25, 0.3) is 0 Å². The Morgan fingerprint density at radius 2 is 2.06 bits per heavy atom. The lowest BCUT2D eigenvalue weighted by Crippen LogP contribution is -2.20. The Morgan fingerprint density at radius 3 is 2.65 bits per heavy atom. The molecule has 0 saturated carbocycles. The lowest BCUT2D eigenvalue weighted by molar-refractivity contribution is 0.282. The van der Waals surface area contributed by atoms with Gasteiger partial charge in [-0.3, -0.25) is 4.90 Å². The maximum absolute atomic E-state index is 4.68. The lowest BCUT2D eigenvalue weighted by atomic mass is 10.1. The van der Waals surface area contributed by atoms with Crippen molar-refractivity contribution in [3.63, 3.8) is 0 Å². The van der Waals surface area contributed by atoms with Gasteiger partial charge in [0.1, 0.15) is 5.82 Å². The number of benzene rings is 1. The first-order chi connectivity index (χ1) is 8.15. The first-order valence-electron chi connectivity index (χ1n) is 6.30. The summed E-state index contributed by atoms with van der Waals surface area (Å²) in [5.41, 5.74) is 3.57. The highest BCUT2D eigenvalue weighted by Crippen LogP contribution is 2.22. The molecule has 0 aliphatic carbocycles. The molecule has 1 heterocycles. The van der Waals surface area contributed by atoms with E-state index in [0.717, 1.165) is 29.7 Å². The van der Waals surface area contributed by atoms with Crippen LogP contribution < -0.4 is 0 Å². The van der Waals surface area contributed by atoms with Gasteiger partial charge >= 0.3 is 0 Å². The van der Waals surface area contributed by atoms with Gasteiger partial charge < -0.3 is 4.98 Å². The predicted octanol–water partition coefficient (Wildman–Crippen LogP) is 3.14. The van der Waals surface area contributed by atoms with E-state index < -0.39 is 0 Å². The fourth-order valence-corrected chi connectivity index (χ4v) is 2.26. The van der Waals surface area contributed by atoms with Crippen molar-refractivity contribution in [2.24, 2.45) is 0 Å². The summed E-state index contributed by atoms with van der Waals surface area (Å²) in [7, 11) is 4.19. The van der Waals surface area contributed by atoms with Crippen molar-refractivity contribution >= 4 is 11.0 Å². The van der Waals surface area contributed by atoms with Crippen molar-refractivity contribution in [1.82, 2.24) is 14.9 Å². The Labute approximate surface area is 103 Å². The van der Waals surface area contributed by atoms with Gasteiger partial charge in [-0.1, -0.05) is 19.9 Å². The van der Waals surface area contributed by atoms with Crippen molar-refractivity contribution in [2.45, 2.75) is 32.7 Å². The van der Waals surface area contributed by atoms with Crippen molar-refractivity contribution in [3.05, 3.63) is 29.6 Å². The molecule has 17 heavy (non-hydrogen) atoms. The molecule has 1 unspecified atom stereocenters. The Balaban J connectivity index is 2.43. The van der Waals surface area contributed by atoms with Gasteiger partial charge in [-0.2, -0.15) is 0 Å². The Morgan fingerprint density at radius 1 is 1.29 bits per heavy atom. The number of aromatic amines is 1. The average molecular weight is 231 g/mol. The minimum atomic E-state index is 0.368. The summed E-state index contributed by atoms with van der Waals surface area (Å²) in [5, 5.41) is 0. The third-order valence-corrected chi connectivity index (χ3v) is 3.30. The van der Waals surface area contributed by atoms with Crippen molar-refractivity contribution in [1.29, 1.82) is 0 Å². The number of aromatic nitrogens is 2. The van der Waals surface area contributed by atoms with E-state index in [1.807, 2.05) is 0 Å². The fraction of sp³-hybridized carbons (Fsp3) is 0.500. The summed E-state index contributed by atoms with van der Waals surface area (Å²) in [4.78, 5) is 10.3. The molecule has 0 amide bonds. The normalized spacial score (nSPS) is 13.5. The highest BCUT2D eigenvalue weighted by molar-refractivity contribution is 5.76. The maximum atomic E-state index is 4.68. The van der Waals surface area contributed by atoms with E-state index >= 15 is 0 Å². The Bertz CT molecular complexity index is 499. The third-order valence-electron chi connectivity index (χ3n) is 3.30. The molecule has 0 aliphatic heterocycles. The van der Waals surface area contributed by atoms with Crippen molar-refractivity contribution < 1.29 is 0 Å². The second-order valence-electron chi connectivity index (χ2n) is 4.71. The number of H-pyrrole nitrogens is 1. The number of nitrogens with zero attached hydrogens (tertiary/aromatic N) is 2. The average Bonchev–Trinajstić information content (AvgIpc) is 2.71. The molecule has 2 aromatic rings. The zero-order chi connectivity index (χ0) is 12.4. The SMILES string of the molecule is CCc1ccc2nc(C(CC)N(C)C)[nH]c2c1. The smallest absolute Gasteiger partial charge is 0.124 e. The van der Waals surface area contributed by atoms with Crippen LogP contribution in [0.1, 0.15) is 37.7 Å². The van der Waals surface area contributed by atoms with Crippen molar-refractivity contribution in [3.8, 4) is 0 Å². The molecule has 3 nitrogen and oxygen atoms in total. The largest absolute Gasteiger partial charge is 0.341 e. The molecule has 0 spiro atoms. The number of fused-ring (bicyclic) bond motifs is 1. The quantitative estimate of drug-likeness (QED) is 0.876. The maximum Gasteiger partial charge on any atom is 0.124 e. The molecule has 0 radical (unpaired) electrons. The van der Waals surface area contributed by atoms with Gasteiger partial charge in [0.05, 0.1) is 17.1 Å². The third kappa shape index (κ3) is 2.34. The summed E-state index contributed by atoms with van der Waals surface area (Å²) < 4.78 is 0. The Kier molecular flexibility index (Phi) is 3.48. The van der Waals surface area contributed by atoms with Crippen LogP contribution in [0.25, 0.3) is 11.0 Å². The highest BCUT2D eigenvalue weighted by atomic mass is 15.1. The number of nitrogens with one attached hydrogen (secondary N) is 1. The van der Waals surface area contributed by atoms with Crippen LogP contribution in [0.5, 0.6) is 0 Å². The number of imidazole rings is 1.